The van der Waals surface area contributed by atoms with Gasteiger partial charge in [-0.1, -0.05) is 61.4 Å². The summed E-state index contributed by atoms with van der Waals surface area (Å²) >= 11 is 0. The molecule has 174 valence electrons. The van der Waals surface area contributed by atoms with Gasteiger partial charge in [-0.15, -0.1) is 0 Å². The minimum absolute atomic E-state index is 0.0581. The van der Waals surface area contributed by atoms with Crippen LogP contribution in [0.25, 0.3) is 0 Å². The van der Waals surface area contributed by atoms with Gasteiger partial charge in [-0.25, -0.2) is 0 Å². The molecule has 1 saturated heterocycles. The smallest absolute Gasteiger partial charge is 0.204 e. The molecule has 5 heteroatoms. The second-order valence-corrected chi connectivity index (χ2v) is 11.4. The lowest BCUT2D eigenvalue weighted by molar-refractivity contribution is 0.259. The van der Waals surface area contributed by atoms with Gasteiger partial charge in [0.2, 0.25) is 7.29 Å². The van der Waals surface area contributed by atoms with E-state index in [2.05, 4.69) is 22.1 Å². The van der Waals surface area contributed by atoms with E-state index in [0.29, 0.717) is 0 Å². The van der Waals surface area contributed by atoms with Crippen molar-refractivity contribution in [3.05, 3.63) is 90.5 Å². The van der Waals surface area contributed by atoms with Crippen molar-refractivity contribution >= 4 is 17.9 Å². The van der Waals surface area contributed by atoms with Gasteiger partial charge in [-0.2, -0.15) is 0 Å². The van der Waals surface area contributed by atoms with Crippen molar-refractivity contribution in [1.82, 2.24) is 9.99 Å². The molecule has 3 aromatic carbocycles. The molecule has 1 unspecified atom stereocenters. The minimum atomic E-state index is -3.01. The molecule has 0 aliphatic carbocycles. The number of nitrogens with one attached hydrogen (secondary N) is 1. The number of ether oxygens (including phenoxy) is 1. The van der Waals surface area contributed by atoms with Crippen molar-refractivity contribution in [2.24, 2.45) is 0 Å². The van der Waals surface area contributed by atoms with Crippen LogP contribution in [0.4, 0.5) is 0 Å². The highest BCUT2D eigenvalue weighted by Gasteiger charge is 2.31. The fourth-order valence-electron chi connectivity index (χ4n) is 4.66. The molecule has 4 nitrogen and oxygen atoms in total. The van der Waals surface area contributed by atoms with Gasteiger partial charge in [-0.05, 0) is 74.3 Å². The number of likely N-dealkylation sites (tertiary alicyclic amines) is 1. The lowest BCUT2D eigenvalue weighted by Crippen LogP contribution is -2.44. The molecule has 4 rings (SSSR count). The Labute approximate surface area is 198 Å². The molecule has 1 aliphatic heterocycles. The fourth-order valence-corrected chi connectivity index (χ4v) is 7.13. The molecule has 0 saturated carbocycles. The van der Waals surface area contributed by atoms with Gasteiger partial charge in [0.1, 0.15) is 5.75 Å². The molecular weight excluding hydrogens is 427 g/mol. The summed E-state index contributed by atoms with van der Waals surface area (Å²) < 4.78 is 20.0. The van der Waals surface area contributed by atoms with Gasteiger partial charge in [0, 0.05) is 23.2 Å². The van der Waals surface area contributed by atoms with Crippen LogP contribution in [-0.4, -0.2) is 37.7 Å². The first kappa shape index (κ1) is 23.8. The number of benzene rings is 3. The first-order chi connectivity index (χ1) is 16.2. The Morgan fingerprint density at radius 2 is 1.36 bits per heavy atom. The predicted octanol–water partition coefficient (Wildman–Crippen LogP) is 5.00. The summed E-state index contributed by atoms with van der Waals surface area (Å²) in [6, 6.07) is 28.1. The Kier molecular flexibility index (Phi) is 8.39. The Balaban J connectivity index is 1.65. The van der Waals surface area contributed by atoms with E-state index in [1.54, 1.807) is 7.11 Å². The summed E-state index contributed by atoms with van der Waals surface area (Å²) in [5.41, 5.74) is 1.22. The molecular formula is C28H35N2O2P. The maximum absolute atomic E-state index is 14.7. The molecule has 1 heterocycles. The highest BCUT2D eigenvalue weighted by atomic mass is 31.2. The van der Waals surface area contributed by atoms with Gasteiger partial charge in [0.15, 0.2) is 0 Å². The number of rotatable bonds is 9. The van der Waals surface area contributed by atoms with Crippen molar-refractivity contribution in [3.8, 4) is 5.75 Å². The Morgan fingerprint density at radius 1 is 0.818 bits per heavy atom. The lowest BCUT2D eigenvalue weighted by Gasteiger charge is -2.31. The minimum Gasteiger partial charge on any atom is -0.497 e. The van der Waals surface area contributed by atoms with Gasteiger partial charge in [-0.3, -0.25) is 9.65 Å². The third kappa shape index (κ3) is 6.35. The van der Waals surface area contributed by atoms with Gasteiger partial charge in [0.25, 0.3) is 0 Å². The molecule has 0 aromatic heterocycles. The van der Waals surface area contributed by atoms with Gasteiger partial charge >= 0.3 is 0 Å². The van der Waals surface area contributed by atoms with Crippen LogP contribution in [0.15, 0.2) is 84.9 Å². The van der Waals surface area contributed by atoms with Crippen LogP contribution in [0, 0.1) is 0 Å². The maximum Gasteiger partial charge on any atom is 0.204 e. The third-order valence-electron chi connectivity index (χ3n) is 6.42. The first-order valence-corrected chi connectivity index (χ1v) is 13.7. The highest BCUT2D eigenvalue weighted by Crippen LogP contribution is 2.39. The van der Waals surface area contributed by atoms with Crippen molar-refractivity contribution in [1.29, 1.82) is 0 Å². The summed E-state index contributed by atoms with van der Waals surface area (Å²) in [5.74, 6) is 0.857. The summed E-state index contributed by atoms with van der Waals surface area (Å²) in [4.78, 5) is 2.55. The summed E-state index contributed by atoms with van der Waals surface area (Å²) in [6.07, 6.45) is 5.90. The maximum atomic E-state index is 14.7. The van der Waals surface area contributed by atoms with Crippen LogP contribution in [0.3, 0.4) is 0 Å². The van der Waals surface area contributed by atoms with Gasteiger partial charge < -0.3 is 9.64 Å². The molecule has 0 spiro atoms. The van der Waals surface area contributed by atoms with Crippen molar-refractivity contribution in [2.45, 2.75) is 38.1 Å². The molecule has 33 heavy (non-hydrogen) atoms. The number of hydrogen-bond acceptors (Lipinski definition) is 3. The SMILES string of the molecule is COc1ccc(CC(CN2CCCCCC2)NP(=O)(c2ccccc2)c2ccccc2)cc1. The fraction of sp³-hybridized carbons (Fsp3) is 0.357. The molecule has 3 aromatic rings. The predicted molar refractivity (Wildman–Crippen MR) is 138 cm³/mol. The van der Waals surface area contributed by atoms with E-state index in [1.807, 2.05) is 72.8 Å². The number of methoxy groups -OCH3 is 1. The molecule has 0 radical (unpaired) electrons. The molecule has 1 aliphatic rings. The Bertz CT molecular complexity index is 973. The molecule has 1 fully saturated rings. The van der Waals surface area contributed by atoms with E-state index in [4.69, 9.17) is 4.74 Å². The Morgan fingerprint density at radius 3 is 1.88 bits per heavy atom. The zero-order valence-electron chi connectivity index (χ0n) is 19.5. The summed E-state index contributed by atoms with van der Waals surface area (Å²) in [5, 5.41) is 5.40. The van der Waals surface area contributed by atoms with E-state index in [-0.39, 0.29) is 6.04 Å². The second-order valence-electron chi connectivity index (χ2n) is 8.87. The standard InChI is InChI=1S/C28H35N2O2P/c1-32-26-18-16-24(17-19-26)22-25(23-30-20-10-2-3-11-21-30)29-33(31,27-12-6-4-7-13-27)28-14-8-5-9-15-28/h4-9,12-19,25H,2-3,10-11,20-23H2,1H3,(H,29,31). The number of hydrogen-bond donors (Lipinski definition) is 1. The molecule has 1 N–H and O–H groups in total. The average molecular weight is 463 g/mol. The second kappa shape index (κ2) is 11.7. The van der Waals surface area contributed by atoms with Crippen LogP contribution >= 0.6 is 7.29 Å². The highest BCUT2D eigenvalue weighted by molar-refractivity contribution is 7.76. The topological polar surface area (TPSA) is 41.6 Å². The van der Waals surface area contributed by atoms with Crippen LogP contribution in [0.2, 0.25) is 0 Å². The van der Waals surface area contributed by atoms with E-state index in [1.165, 1.54) is 31.2 Å². The number of nitrogens with zero attached hydrogens (tertiary/aromatic N) is 1. The van der Waals surface area contributed by atoms with Crippen LogP contribution in [0.5, 0.6) is 5.75 Å². The summed E-state index contributed by atoms with van der Waals surface area (Å²) in [6.45, 7) is 3.11. The van der Waals surface area contributed by atoms with E-state index in [0.717, 1.165) is 42.4 Å². The monoisotopic (exact) mass is 462 g/mol. The molecule has 1 atom stereocenters. The molecule has 0 bridgehead atoms. The largest absolute Gasteiger partial charge is 0.497 e. The molecule has 0 amide bonds. The zero-order valence-corrected chi connectivity index (χ0v) is 20.4. The van der Waals surface area contributed by atoms with Crippen molar-refractivity contribution in [2.75, 3.05) is 26.7 Å². The van der Waals surface area contributed by atoms with Crippen LogP contribution in [-0.2, 0) is 11.0 Å². The quantitative estimate of drug-likeness (QED) is 0.455. The van der Waals surface area contributed by atoms with E-state index < -0.39 is 7.29 Å². The Hall–Kier alpha value is -2.39. The van der Waals surface area contributed by atoms with Crippen LogP contribution < -0.4 is 20.4 Å². The van der Waals surface area contributed by atoms with Crippen molar-refractivity contribution < 1.29 is 9.30 Å². The van der Waals surface area contributed by atoms with E-state index >= 15 is 0 Å². The van der Waals surface area contributed by atoms with Gasteiger partial charge in [0.05, 0.1) is 7.11 Å². The first-order valence-electron chi connectivity index (χ1n) is 12.0. The zero-order chi connectivity index (χ0) is 22.9. The van der Waals surface area contributed by atoms with Crippen LogP contribution in [0.1, 0.15) is 31.2 Å². The third-order valence-corrected chi connectivity index (χ3v) is 9.20. The average Bonchev–Trinajstić information content (AvgIpc) is 3.14. The summed E-state index contributed by atoms with van der Waals surface area (Å²) in [7, 11) is -1.32. The van der Waals surface area contributed by atoms with E-state index in [9.17, 15) is 4.57 Å². The normalized spacial score (nSPS) is 16.2. The lowest BCUT2D eigenvalue weighted by atomic mass is 10.1. The van der Waals surface area contributed by atoms with Crippen molar-refractivity contribution in [3.63, 3.8) is 0 Å².